The number of aliphatic carboxylic acids is 5. The normalized spacial score (nSPS) is 9.47. The van der Waals surface area contributed by atoms with Crippen LogP contribution in [0.25, 0.3) is 0 Å². The van der Waals surface area contributed by atoms with Crippen molar-refractivity contribution in [2.75, 3.05) is 6.26 Å². The zero-order valence-electron chi connectivity index (χ0n) is 24.5. The first kappa shape index (κ1) is 51.5. The number of benzene rings is 2. The van der Waals surface area contributed by atoms with Crippen LogP contribution in [0.5, 0.6) is 5.75 Å². The molecule has 0 aliphatic heterocycles. The number of hydrogen-bond donors (Lipinski definition) is 9. The molecular formula is C25H33ClO19S2. The molecule has 0 heterocycles. The number of aromatic hydroxyl groups is 1. The summed E-state index contributed by atoms with van der Waals surface area (Å²) < 4.78 is 55.4. The lowest BCUT2D eigenvalue weighted by Crippen LogP contribution is -2.00. The minimum Gasteiger partial charge on any atom is -0.507 e. The van der Waals surface area contributed by atoms with Crippen LogP contribution in [0.1, 0.15) is 35.7 Å². The summed E-state index contributed by atoms with van der Waals surface area (Å²) in [5.74, 6) is -6.81. The highest BCUT2D eigenvalue weighted by atomic mass is 35.5. The third-order valence-electron chi connectivity index (χ3n) is 3.37. The number of para-hydroxylation sites is 1. The highest BCUT2D eigenvalue weighted by Gasteiger charge is 2.07. The van der Waals surface area contributed by atoms with Crippen LogP contribution in [0.2, 0.25) is 0 Å². The van der Waals surface area contributed by atoms with Gasteiger partial charge in [-0.3, -0.25) is 23.5 Å². The van der Waals surface area contributed by atoms with E-state index in [2.05, 4.69) is 0 Å². The van der Waals surface area contributed by atoms with Crippen LogP contribution in [-0.2, 0) is 44.2 Å². The molecule has 9 N–H and O–H groups in total. The van der Waals surface area contributed by atoms with Gasteiger partial charge >= 0.3 is 29.8 Å². The molecule has 0 radical (unpaired) electrons. The van der Waals surface area contributed by atoms with Crippen LogP contribution in [0.3, 0.4) is 0 Å². The zero-order chi connectivity index (χ0) is 37.3. The SMILES string of the molecule is CC(=O)O.CS(=O)(=O)O.Cc1ccc(S(=O)(=O)O)cc1.Cl.O=C(O)/C=C\C(=O)O.O=C(O)CCC(=O)O.O=C(O)c1ccccc1O. The van der Waals surface area contributed by atoms with E-state index >= 15 is 0 Å². The van der Waals surface area contributed by atoms with Crippen LogP contribution >= 0.6 is 12.4 Å². The van der Waals surface area contributed by atoms with E-state index in [4.69, 9.17) is 49.6 Å². The first-order valence-electron chi connectivity index (χ1n) is 11.5. The monoisotopic (exact) mass is 736 g/mol. The van der Waals surface area contributed by atoms with Crippen LogP contribution < -0.4 is 0 Å². The Bertz CT molecular complexity index is 1490. The van der Waals surface area contributed by atoms with E-state index in [-0.39, 0.29) is 41.5 Å². The zero-order valence-corrected chi connectivity index (χ0v) is 27.0. The molecule has 0 aromatic heterocycles. The maximum absolute atomic E-state index is 10.5. The third-order valence-corrected chi connectivity index (χ3v) is 4.24. The molecule has 2 rings (SSSR count). The molecule has 0 saturated heterocycles. The molecule has 0 amide bonds. The number of aryl methyl sites for hydroxylation is 1. The fraction of sp³-hybridized carbons (Fsp3) is 0.200. The van der Waals surface area contributed by atoms with E-state index < -0.39 is 56.1 Å². The number of rotatable bonds is 7. The molecule has 0 bridgehead atoms. The Balaban J connectivity index is -0.000000154. The smallest absolute Gasteiger partial charge is 0.339 e. The predicted octanol–water partition coefficient (Wildman–Crippen LogP) is 2.00. The molecule has 0 spiro atoms. The van der Waals surface area contributed by atoms with Gasteiger partial charge in [-0.1, -0.05) is 29.8 Å². The second-order valence-electron chi connectivity index (χ2n) is 7.66. The fourth-order valence-electron chi connectivity index (χ4n) is 1.72. The molecule has 19 nitrogen and oxygen atoms in total. The van der Waals surface area contributed by atoms with Crippen molar-refractivity contribution in [3.63, 3.8) is 0 Å². The number of aromatic carboxylic acids is 1. The second-order valence-corrected chi connectivity index (χ2v) is 10.5. The van der Waals surface area contributed by atoms with Crippen molar-refractivity contribution in [3.05, 3.63) is 71.8 Å². The maximum atomic E-state index is 10.5. The van der Waals surface area contributed by atoms with Crippen LogP contribution in [0.4, 0.5) is 0 Å². The van der Waals surface area contributed by atoms with Crippen molar-refractivity contribution in [2.24, 2.45) is 0 Å². The average Bonchev–Trinajstić information content (AvgIpc) is 2.86. The van der Waals surface area contributed by atoms with Gasteiger partial charge in [0.05, 0.1) is 24.0 Å². The summed E-state index contributed by atoms with van der Waals surface area (Å²) in [5, 5.41) is 56.1. The summed E-state index contributed by atoms with van der Waals surface area (Å²) in [5.41, 5.74) is 0.889. The molecule has 0 aliphatic carbocycles. The van der Waals surface area contributed by atoms with Gasteiger partial charge in [0.2, 0.25) is 0 Å². The van der Waals surface area contributed by atoms with Crippen molar-refractivity contribution in [2.45, 2.75) is 31.6 Å². The molecule has 2 aromatic carbocycles. The quantitative estimate of drug-likeness (QED) is 0.145. The first-order chi connectivity index (χ1) is 20.7. The Hall–Kier alpha value is -5.09. The molecular weight excluding hydrogens is 704 g/mol. The minimum atomic E-state index is -4.02. The van der Waals surface area contributed by atoms with Crippen molar-refractivity contribution >= 4 is 68.5 Å². The average molecular weight is 737 g/mol. The molecule has 0 saturated carbocycles. The summed E-state index contributed by atoms with van der Waals surface area (Å²) in [6, 6.07) is 11.8. The Morgan fingerprint density at radius 2 is 1.00 bits per heavy atom. The largest absolute Gasteiger partial charge is 0.507 e. The van der Waals surface area contributed by atoms with Gasteiger partial charge in [0.25, 0.3) is 26.2 Å². The van der Waals surface area contributed by atoms with Gasteiger partial charge in [0, 0.05) is 19.1 Å². The van der Waals surface area contributed by atoms with Crippen molar-refractivity contribution < 1.29 is 90.5 Å². The number of hydrogen-bond acceptors (Lipinski definition) is 11. The standard InChI is InChI=1S/C7H8O3S.C7H6O3.C4H6O4.C4H4O4.C2H4O2.CH4O3S.ClH/c1-6-2-4-7(5-3-6)11(8,9)10;8-6-4-2-1-3-5(6)7(9)10;2*5-3(6)1-2-4(7)8;1-2(3)4;1-5(2,3)4;/h2-5H,1H3,(H,8,9,10);1-4,8H,(H,9,10);1-2H2,(H,5,6)(H,7,8);1-2H,(H,5,6)(H,7,8);1H3,(H,3,4);1H3,(H,2,3,4);1H/b;;;2-1-;;;. The van der Waals surface area contributed by atoms with Gasteiger partial charge in [-0.15, -0.1) is 12.4 Å². The molecule has 2 aromatic rings. The molecule has 0 fully saturated rings. The predicted molar refractivity (Wildman–Crippen MR) is 163 cm³/mol. The fourth-order valence-corrected chi connectivity index (χ4v) is 2.20. The molecule has 22 heteroatoms. The van der Waals surface area contributed by atoms with Gasteiger partial charge in [-0.2, -0.15) is 16.8 Å². The molecule has 0 unspecified atom stereocenters. The summed E-state index contributed by atoms with van der Waals surface area (Å²) in [6.07, 6.45) is 1.24. The molecule has 266 valence electrons. The van der Waals surface area contributed by atoms with Gasteiger partial charge in [-0.05, 0) is 31.2 Å². The van der Waals surface area contributed by atoms with E-state index in [0.29, 0.717) is 18.4 Å². The summed E-state index contributed by atoms with van der Waals surface area (Å²) in [7, 11) is -7.69. The van der Waals surface area contributed by atoms with Crippen molar-refractivity contribution in [1.82, 2.24) is 0 Å². The van der Waals surface area contributed by atoms with Crippen molar-refractivity contribution in [1.29, 1.82) is 0 Å². The Kier molecular flexibility index (Phi) is 29.8. The highest BCUT2D eigenvalue weighted by Crippen LogP contribution is 2.14. The number of phenols is 1. The van der Waals surface area contributed by atoms with Crippen LogP contribution in [-0.4, -0.2) is 104 Å². The highest BCUT2D eigenvalue weighted by molar-refractivity contribution is 7.85. The Labute approximate surface area is 274 Å². The van der Waals surface area contributed by atoms with E-state index in [0.717, 1.165) is 12.5 Å². The van der Waals surface area contributed by atoms with Gasteiger partial charge < -0.3 is 35.7 Å². The number of halogens is 1. The molecule has 47 heavy (non-hydrogen) atoms. The lowest BCUT2D eigenvalue weighted by Gasteiger charge is -1.95. The summed E-state index contributed by atoms with van der Waals surface area (Å²) >= 11 is 0. The summed E-state index contributed by atoms with van der Waals surface area (Å²) in [6.45, 7) is 2.92. The third kappa shape index (κ3) is 48.0. The molecule has 0 atom stereocenters. The van der Waals surface area contributed by atoms with E-state index in [1.165, 1.54) is 24.3 Å². The van der Waals surface area contributed by atoms with E-state index in [9.17, 15) is 40.8 Å². The van der Waals surface area contributed by atoms with Gasteiger partial charge in [-0.25, -0.2) is 14.4 Å². The topological polar surface area (TPSA) is 353 Å². The lowest BCUT2D eigenvalue weighted by atomic mass is 10.2. The Morgan fingerprint density at radius 1 is 0.681 bits per heavy atom. The van der Waals surface area contributed by atoms with Crippen LogP contribution in [0.15, 0.2) is 65.6 Å². The van der Waals surface area contributed by atoms with Gasteiger partial charge in [0.1, 0.15) is 11.3 Å². The Morgan fingerprint density at radius 3 is 1.21 bits per heavy atom. The van der Waals surface area contributed by atoms with E-state index in [1.54, 1.807) is 24.3 Å². The van der Waals surface area contributed by atoms with E-state index in [1.807, 2.05) is 6.92 Å². The number of carbonyl (C=O) groups is 6. The maximum Gasteiger partial charge on any atom is 0.339 e. The molecule has 0 aliphatic rings. The van der Waals surface area contributed by atoms with Crippen LogP contribution in [0, 0.1) is 6.92 Å². The summed E-state index contributed by atoms with van der Waals surface area (Å²) in [4.78, 5) is 57.6. The second kappa shape index (κ2) is 27.2. The minimum absolute atomic E-state index is 0. The first-order valence-corrected chi connectivity index (χ1v) is 14.7. The number of carboxylic acids is 6. The van der Waals surface area contributed by atoms with Gasteiger partial charge in [0.15, 0.2) is 0 Å². The van der Waals surface area contributed by atoms with Crippen molar-refractivity contribution in [3.8, 4) is 5.75 Å². The lowest BCUT2D eigenvalue weighted by molar-refractivity contribution is -0.143. The number of carboxylic acid groups (broad SMARTS) is 6.